The van der Waals surface area contributed by atoms with Crippen LogP contribution in [0.4, 0.5) is 5.69 Å². The molecule has 3 atom stereocenters. The fraction of sp³-hybridized carbons (Fsp3) is 0.190. The van der Waals surface area contributed by atoms with Crippen LogP contribution in [0, 0.1) is 5.92 Å². The van der Waals surface area contributed by atoms with E-state index < -0.39 is 17.1 Å². The molecule has 2 aliphatic rings. The first-order valence-electron chi connectivity index (χ1n) is 9.62. The highest BCUT2D eigenvalue weighted by atomic mass is 35.5. The molecule has 2 aliphatic heterocycles. The molecule has 1 saturated heterocycles. The molecule has 0 aliphatic carbocycles. The Kier molecular flexibility index (Phi) is 5.36. The van der Waals surface area contributed by atoms with Crippen LogP contribution in [0.3, 0.4) is 0 Å². The van der Waals surface area contributed by atoms with Gasteiger partial charge in [0, 0.05) is 33.9 Å². The SMILES string of the molecule is O=C(Cn1c2c(sc1=O)C(c1cccnc1)C1C(=O)NC(=O)C1S2)Nc1ccc(Cl)cc1. The van der Waals surface area contributed by atoms with E-state index >= 15 is 0 Å². The molecule has 8 nitrogen and oxygen atoms in total. The number of carbonyl (C=O) groups is 3. The van der Waals surface area contributed by atoms with Crippen LogP contribution in [0.25, 0.3) is 0 Å². The first kappa shape index (κ1) is 20.9. The van der Waals surface area contributed by atoms with Crippen molar-refractivity contribution in [1.82, 2.24) is 14.9 Å². The average Bonchev–Trinajstić information content (AvgIpc) is 3.24. The Balaban J connectivity index is 1.52. The third-order valence-corrected chi connectivity index (χ3v) is 8.23. The number of hydrogen-bond donors (Lipinski definition) is 2. The lowest BCUT2D eigenvalue weighted by Gasteiger charge is -2.30. The second-order valence-corrected chi connectivity index (χ2v) is 9.92. The van der Waals surface area contributed by atoms with Crippen molar-refractivity contribution < 1.29 is 14.4 Å². The van der Waals surface area contributed by atoms with Crippen molar-refractivity contribution in [3.05, 3.63) is 73.9 Å². The first-order valence-corrected chi connectivity index (χ1v) is 11.7. The summed E-state index contributed by atoms with van der Waals surface area (Å²) in [4.78, 5) is 55.1. The fourth-order valence-corrected chi connectivity index (χ4v) is 6.84. The third kappa shape index (κ3) is 3.64. The average molecular weight is 487 g/mol. The fourth-order valence-electron chi connectivity index (χ4n) is 3.97. The van der Waals surface area contributed by atoms with Gasteiger partial charge < -0.3 is 5.32 Å². The summed E-state index contributed by atoms with van der Waals surface area (Å²) >= 11 is 8.02. The number of thiazole rings is 1. The first-order chi connectivity index (χ1) is 15.4. The van der Waals surface area contributed by atoms with Crippen LogP contribution >= 0.6 is 34.7 Å². The maximum atomic E-state index is 12.9. The van der Waals surface area contributed by atoms with Gasteiger partial charge in [-0.1, -0.05) is 40.8 Å². The van der Waals surface area contributed by atoms with Gasteiger partial charge in [-0.05, 0) is 35.9 Å². The van der Waals surface area contributed by atoms with Crippen LogP contribution in [-0.2, 0) is 20.9 Å². The number of carbonyl (C=O) groups excluding carboxylic acids is 3. The van der Waals surface area contributed by atoms with Crippen molar-refractivity contribution in [3.8, 4) is 0 Å². The van der Waals surface area contributed by atoms with E-state index in [1.165, 1.54) is 4.57 Å². The van der Waals surface area contributed by atoms with Crippen molar-refractivity contribution in [2.45, 2.75) is 22.7 Å². The van der Waals surface area contributed by atoms with Gasteiger partial charge in [0.15, 0.2) is 0 Å². The van der Waals surface area contributed by atoms with E-state index in [9.17, 15) is 19.2 Å². The number of benzene rings is 1. The molecule has 0 spiro atoms. The number of imide groups is 1. The van der Waals surface area contributed by atoms with Gasteiger partial charge in [-0.3, -0.25) is 34.0 Å². The van der Waals surface area contributed by atoms with Crippen LogP contribution in [0.5, 0.6) is 0 Å². The number of pyridine rings is 1. The zero-order valence-corrected chi connectivity index (χ0v) is 18.7. The molecule has 1 fully saturated rings. The Morgan fingerprint density at radius 1 is 1.16 bits per heavy atom. The van der Waals surface area contributed by atoms with Crippen molar-refractivity contribution in [1.29, 1.82) is 0 Å². The minimum Gasteiger partial charge on any atom is -0.325 e. The van der Waals surface area contributed by atoms with E-state index in [2.05, 4.69) is 15.6 Å². The lowest BCUT2D eigenvalue weighted by Crippen LogP contribution is -2.32. The highest BCUT2D eigenvalue weighted by molar-refractivity contribution is 8.00. The summed E-state index contributed by atoms with van der Waals surface area (Å²) in [5, 5.41) is 5.54. The minimum atomic E-state index is -0.681. The van der Waals surface area contributed by atoms with Crippen molar-refractivity contribution in [2.75, 3.05) is 5.32 Å². The number of thioether (sulfide) groups is 1. The minimum absolute atomic E-state index is 0.215. The standard InChI is InChI=1S/C21H15ClN4O4S2/c22-11-3-5-12(6-4-11)24-13(27)9-26-20-17(32-21(26)30)14(10-2-1-7-23-8-10)15-16(31-20)19(29)25-18(15)28/h1-8,14-16H,9H2,(H,24,27)(H,25,28,29). The van der Waals surface area contributed by atoms with Crippen LogP contribution in [0.15, 0.2) is 58.6 Å². The van der Waals surface area contributed by atoms with Crippen molar-refractivity contribution in [3.63, 3.8) is 0 Å². The number of hydrogen-bond acceptors (Lipinski definition) is 7. The largest absolute Gasteiger partial charge is 0.325 e. The Hall–Kier alpha value is -2.95. The number of nitrogens with one attached hydrogen (secondary N) is 2. The third-order valence-electron chi connectivity index (χ3n) is 5.36. The summed E-state index contributed by atoms with van der Waals surface area (Å²) in [5.41, 5.74) is 1.30. The topological polar surface area (TPSA) is 110 Å². The zero-order chi connectivity index (χ0) is 22.4. The molecule has 2 aromatic heterocycles. The summed E-state index contributed by atoms with van der Waals surface area (Å²) in [6, 6.07) is 10.2. The monoisotopic (exact) mass is 486 g/mol. The predicted molar refractivity (Wildman–Crippen MR) is 121 cm³/mol. The number of nitrogens with zero attached hydrogens (tertiary/aromatic N) is 2. The second kappa shape index (κ2) is 8.19. The van der Waals surface area contributed by atoms with E-state index in [-0.39, 0.29) is 29.1 Å². The molecule has 3 aromatic rings. The Labute approximate surface area is 195 Å². The van der Waals surface area contributed by atoms with Gasteiger partial charge in [0.05, 0.1) is 10.9 Å². The molecule has 0 bridgehead atoms. The Bertz CT molecular complexity index is 1290. The second-order valence-electron chi connectivity index (χ2n) is 7.36. The van der Waals surface area contributed by atoms with Gasteiger partial charge in [0.25, 0.3) is 0 Å². The molecule has 5 rings (SSSR count). The number of rotatable bonds is 4. The van der Waals surface area contributed by atoms with Crippen molar-refractivity contribution in [2.24, 2.45) is 5.92 Å². The van der Waals surface area contributed by atoms with Gasteiger partial charge >= 0.3 is 4.87 Å². The maximum Gasteiger partial charge on any atom is 0.308 e. The van der Waals surface area contributed by atoms with E-state index in [0.29, 0.717) is 20.6 Å². The van der Waals surface area contributed by atoms with E-state index in [1.54, 1.807) is 42.7 Å². The summed E-state index contributed by atoms with van der Waals surface area (Å²) < 4.78 is 1.37. The van der Waals surface area contributed by atoms with Gasteiger partial charge in [0.2, 0.25) is 17.7 Å². The molecule has 0 radical (unpaired) electrons. The van der Waals surface area contributed by atoms with Crippen LogP contribution < -0.4 is 15.5 Å². The lowest BCUT2D eigenvalue weighted by atomic mass is 9.84. The molecular formula is C21H15ClN4O4S2. The summed E-state index contributed by atoms with van der Waals surface area (Å²) in [5.74, 6) is -2.27. The molecule has 3 unspecified atom stereocenters. The molecule has 11 heteroatoms. The van der Waals surface area contributed by atoms with E-state index in [4.69, 9.17) is 11.6 Å². The molecule has 2 N–H and O–H groups in total. The molecule has 162 valence electrons. The summed E-state index contributed by atoms with van der Waals surface area (Å²) in [6.45, 7) is -0.215. The van der Waals surface area contributed by atoms with Crippen LogP contribution in [0.2, 0.25) is 5.02 Å². The quantitative estimate of drug-likeness (QED) is 0.548. The van der Waals surface area contributed by atoms with Crippen LogP contribution in [-0.4, -0.2) is 32.5 Å². The van der Waals surface area contributed by atoms with Gasteiger partial charge in [0.1, 0.15) is 11.8 Å². The number of anilines is 1. The Morgan fingerprint density at radius 3 is 2.66 bits per heavy atom. The van der Waals surface area contributed by atoms with Crippen molar-refractivity contribution >= 4 is 58.1 Å². The number of fused-ring (bicyclic) bond motifs is 2. The molecule has 1 aromatic carbocycles. The van der Waals surface area contributed by atoms with Gasteiger partial charge in [-0.15, -0.1) is 0 Å². The van der Waals surface area contributed by atoms with Gasteiger partial charge in [-0.25, -0.2) is 0 Å². The lowest BCUT2D eigenvalue weighted by molar-refractivity contribution is -0.126. The molecule has 4 heterocycles. The highest BCUT2D eigenvalue weighted by Gasteiger charge is 2.52. The summed E-state index contributed by atoms with van der Waals surface area (Å²) in [6.07, 6.45) is 3.26. The summed E-state index contributed by atoms with van der Waals surface area (Å²) in [7, 11) is 0. The molecular weight excluding hydrogens is 472 g/mol. The van der Waals surface area contributed by atoms with E-state index in [1.807, 2.05) is 6.07 Å². The smallest absolute Gasteiger partial charge is 0.308 e. The number of amides is 3. The molecule has 0 saturated carbocycles. The molecule has 3 amide bonds. The maximum absolute atomic E-state index is 12.9. The number of halogens is 1. The highest BCUT2D eigenvalue weighted by Crippen LogP contribution is 2.51. The number of aromatic nitrogens is 2. The van der Waals surface area contributed by atoms with Gasteiger partial charge in [-0.2, -0.15) is 0 Å². The Morgan fingerprint density at radius 2 is 1.94 bits per heavy atom. The van der Waals surface area contributed by atoms with Crippen LogP contribution in [0.1, 0.15) is 16.4 Å². The van der Waals surface area contributed by atoms with E-state index in [0.717, 1.165) is 28.7 Å². The zero-order valence-electron chi connectivity index (χ0n) is 16.3. The molecule has 32 heavy (non-hydrogen) atoms. The predicted octanol–water partition coefficient (Wildman–Crippen LogP) is 2.48. The normalized spacial score (nSPS) is 21.6.